The number of nitrogens with zero attached hydrogens (tertiary/aromatic N) is 1. The molecular formula is C15H18BrN3O. The Morgan fingerprint density at radius 2 is 2.10 bits per heavy atom. The number of aromatic nitrogens is 2. The SMILES string of the molecule is Nc1c(C2CCCC2)[nH]n(Cc2cccc(Br)c2)c1=O. The molecule has 1 aromatic heterocycles. The molecule has 106 valence electrons. The molecule has 0 atom stereocenters. The van der Waals surface area contributed by atoms with Gasteiger partial charge in [0.05, 0.1) is 12.2 Å². The zero-order valence-corrected chi connectivity index (χ0v) is 12.8. The Kier molecular flexibility index (Phi) is 3.70. The number of nitrogens with two attached hydrogens (primary N) is 1. The molecule has 1 heterocycles. The summed E-state index contributed by atoms with van der Waals surface area (Å²) in [6.07, 6.45) is 4.70. The Hall–Kier alpha value is -1.49. The zero-order chi connectivity index (χ0) is 14.1. The van der Waals surface area contributed by atoms with Crippen LogP contribution in [0.25, 0.3) is 0 Å². The number of halogens is 1. The van der Waals surface area contributed by atoms with E-state index in [9.17, 15) is 4.79 Å². The number of rotatable bonds is 3. The molecule has 1 aliphatic carbocycles. The van der Waals surface area contributed by atoms with Crippen LogP contribution in [0.3, 0.4) is 0 Å². The van der Waals surface area contributed by atoms with Crippen molar-refractivity contribution in [1.29, 1.82) is 0 Å². The van der Waals surface area contributed by atoms with Crippen molar-refractivity contribution in [2.75, 3.05) is 5.73 Å². The topological polar surface area (TPSA) is 63.8 Å². The molecule has 0 aliphatic heterocycles. The van der Waals surface area contributed by atoms with E-state index < -0.39 is 0 Å². The average Bonchev–Trinajstić information content (AvgIpc) is 3.03. The third-order valence-corrected chi connectivity index (χ3v) is 4.51. The van der Waals surface area contributed by atoms with Crippen molar-refractivity contribution in [2.24, 2.45) is 0 Å². The third-order valence-electron chi connectivity index (χ3n) is 4.01. The molecule has 1 aromatic carbocycles. The third kappa shape index (κ3) is 2.54. The second kappa shape index (κ2) is 5.48. The molecule has 0 saturated heterocycles. The molecule has 0 radical (unpaired) electrons. The van der Waals surface area contributed by atoms with Gasteiger partial charge in [0.1, 0.15) is 5.69 Å². The molecule has 5 heteroatoms. The van der Waals surface area contributed by atoms with Gasteiger partial charge in [-0.15, -0.1) is 0 Å². The van der Waals surface area contributed by atoms with Crippen LogP contribution in [0.15, 0.2) is 33.5 Å². The smallest absolute Gasteiger partial charge is 0.290 e. The van der Waals surface area contributed by atoms with E-state index in [0.717, 1.165) is 28.6 Å². The molecule has 1 aliphatic rings. The first-order valence-electron chi connectivity index (χ1n) is 6.98. The van der Waals surface area contributed by atoms with Crippen LogP contribution in [0.1, 0.15) is 42.9 Å². The van der Waals surface area contributed by atoms with E-state index in [2.05, 4.69) is 21.0 Å². The van der Waals surface area contributed by atoms with Crippen LogP contribution in [0.5, 0.6) is 0 Å². The number of H-pyrrole nitrogens is 1. The lowest BCUT2D eigenvalue weighted by Crippen LogP contribution is -2.19. The highest BCUT2D eigenvalue weighted by Gasteiger charge is 2.23. The van der Waals surface area contributed by atoms with Gasteiger partial charge in [-0.2, -0.15) is 0 Å². The second-order valence-corrected chi connectivity index (χ2v) is 6.36. The standard InChI is InChI=1S/C15H18BrN3O/c16-12-7-3-4-10(8-12)9-19-15(20)13(17)14(18-19)11-5-1-2-6-11/h3-4,7-8,11,18H,1-2,5-6,9,17H2. The monoisotopic (exact) mass is 335 g/mol. The van der Waals surface area contributed by atoms with Crippen molar-refractivity contribution in [3.63, 3.8) is 0 Å². The largest absolute Gasteiger partial charge is 0.393 e. The first-order valence-corrected chi connectivity index (χ1v) is 7.77. The molecule has 3 N–H and O–H groups in total. The van der Waals surface area contributed by atoms with Gasteiger partial charge in [0, 0.05) is 10.4 Å². The fourth-order valence-electron chi connectivity index (χ4n) is 2.97. The summed E-state index contributed by atoms with van der Waals surface area (Å²) in [5.74, 6) is 0.423. The van der Waals surface area contributed by atoms with E-state index in [1.807, 2.05) is 24.3 Å². The molecule has 4 nitrogen and oxygen atoms in total. The van der Waals surface area contributed by atoms with Crippen molar-refractivity contribution < 1.29 is 0 Å². The predicted molar refractivity (Wildman–Crippen MR) is 83.9 cm³/mol. The van der Waals surface area contributed by atoms with Crippen LogP contribution in [0.2, 0.25) is 0 Å². The van der Waals surface area contributed by atoms with Crippen molar-refractivity contribution in [3.05, 3.63) is 50.3 Å². The minimum Gasteiger partial charge on any atom is -0.393 e. The van der Waals surface area contributed by atoms with E-state index in [0.29, 0.717) is 18.2 Å². The van der Waals surface area contributed by atoms with Crippen LogP contribution in [0, 0.1) is 0 Å². The maximum absolute atomic E-state index is 12.2. The van der Waals surface area contributed by atoms with E-state index >= 15 is 0 Å². The Morgan fingerprint density at radius 3 is 2.80 bits per heavy atom. The summed E-state index contributed by atoms with van der Waals surface area (Å²) in [6, 6.07) is 7.95. The molecule has 2 aromatic rings. The summed E-state index contributed by atoms with van der Waals surface area (Å²) in [5.41, 5.74) is 8.29. The highest BCUT2D eigenvalue weighted by atomic mass is 79.9. The van der Waals surface area contributed by atoms with Gasteiger partial charge >= 0.3 is 0 Å². The molecular weight excluding hydrogens is 318 g/mol. The summed E-state index contributed by atoms with van der Waals surface area (Å²) >= 11 is 3.45. The van der Waals surface area contributed by atoms with Crippen molar-refractivity contribution in [1.82, 2.24) is 9.78 Å². The predicted octanol–water partition coefficient (Wildman–Crippen LogP) is 3.23. The normalized spacial score (nSPS) is 15.8. The zero-order valence-electron chi connectivity index (χ0n) is 11.2. The molecule has 3 rings (SSSR count). The maximum Gasteiger partial charge on any atom is 0.290 e. The molecule has 0 bridgehead atoms. The summed E-state index contributed by atoms with van der Waals surface area (Å²) in [4.78, 5) is 12.2. The van der Waals surface area contributed by atoms with Gasteiger partial charge in [-0.25, -0.2) is 4.68 Å². The molecule has 0 unspecified atom stereocenters. The van der Waals surface area contributed by atoms with Gasteiger partial charge in [0.25, 0.3) is 5.56 Å². The van der Waals surface area contributed by atoms with E-state index in [4.69, 9.17) is 5.73 Å². The Balaban J connectivity index is 1.90. The number of hydrogen-bond acceptors (Lipinski definition) is 2. The van der Waals surface area contributed by atoms with Gasteiger partial charge in [-0.05, 0) is 30.5 Å². The Morgan fingerprint density at radius 1 is 1.35 bits per heavy atom. The fraction of sp³-hybridized carbons (Fsp3) is 0.400. The molecule has 1 saturated carbocycles. The number of nitrogens with one attached hydrogen (secondary N) is 1. The van der Waals surface area contributed by atoms with Gasteiger partial charge in [0.15, 0.2) is 0 Å². The second-order valence-electron chi connectivity index (χ2n) is 5.44. The fourth-order valence-corrected chi connectivity index (χ4v) is 3.42. The number of anilines is 1. The summed E-state index contributed by atoms with van der Waals surface area (Å²) < 4.78 is 2.63. The minimum absolute atomic E-state index is 0.105. The molecule has 0 amide bonds. The highest BCUT2D eigenvalue weighted by molar-refractivity contribution is 9.10. The van der Waals surface area contributed by atoms with Gasteiger partial charge in [0.2, 0.25) is 0 Å². The van der Waals surface area contributed by atoms with Crippen LogP contribution < -0.4 is 11.3 Å². The number of aromatic amines is 1. The van der Waals surface area contributed by atoms with Crippen molar-refractivity contribution >= 4 is 21.6 Å². The van der Waals surface area contributed by atoms with E-state index in [1.165, 1.54) is 12.8 Å². The van der Waals surface area contributed by atoms with E-state index in [-0.39, 0.29) is 5.56 Å². The first kappa shape index (κ1) is 13.5. The van der Waals surface area contributed by atoms with Crippen LogP contribution in [0.4, 0.5) is 5.69 Å². The number of nitrogen functional groups attached to an aromatic ring is 1. The van der Waals surface area contributed by atoms with Gasteiger partial charge in [-0.1, -0.05) is 40.9 Å². The lowest BCUT2D eigenvalue weighted by molar-refractivity contribution is 0.618. The number of hydrogen-bond donors (Lipinski definition) is 2. The van der Waals surface area contributed by atoms with Gasteiger partial charge < -0.3 is 5.73 Å². The van der Waals surface area contributed by atoms with Crippen LogP contribution in [-0.2, 0) is 6.54 Å². The lowest BCUT2D eigenvalue weighted by Gasteiger charge is -2.07. The van der Waals surface area contributed by atoms with Gasteiger partial charge in [-0.3, -0.25) is 9.89 Å². The van der Waals surface area contributed by atoms with Crippen molar-refractivity contribution in [2.45, 2.75) is 38.1 Å². The maximum atomic E-state index is 12.2. The quantitative estimate of drug-likeness (QED) is 0.904. The molecule has 1 fully saturated rings. The summed E-state index contributed by atoms with van der Waals surface area (Å²) in [6.45, 7) is 0.523. The average molecular weight is 336 g/mol. The highest BCUT2D eigenvalue weighted by Crippen LogP contribution is 2.34. The Labute approximate surface area is 126 Å². The summed E-state index contributed by atoms with van der Waals surface area (Å²) in [5, 5.41) is 3.22. The first-order chi connectivity index (χ1) is 9.65. The minimum atomic E-state index is -0.105. The molecule has 0 spiro atoms. The van der Waals surface area contributed by atoms with Crippen LogP contribution in [-0.4, -0.2) is 9.78 Å². The van der Waals surface area contributed by atoms with Crippen molar-refractivity contribution in [3.8, 4) is 0 Å². The Bertz CT molecular complexity index is 668. The number of benzene rings is 1. The summed E-state index contributed by atoms with van der Waals surface area (Å²) in [7, 11) is 0. The molecule has 20 heavy (non-hydrogen) atoms. The van der Waals surface area contributed by atoms with E-state index in [1.54, 1.807) is 4.68 Å². The van der Waals surface area contributed by atoms with Crippen LogP contribution >= 0.6 is 15.9 Å². The lowest BCUT2D eigenvalue weighted by atomic mass is 10.0.